The van der Waals surface area contributed by atoms with E-state index in [0.717, 1.165) is 24.1 Å². The average Bonchev–Trinajstić information content (AvgIpc) is 2.94. The van der Waals surface area contributed by atoms with Crippen molar-refractivity contribution in [3.05, 3.63) is 24.2 Å². The van der Waals surface area contributed by atoms with Gasteiger partial charge in [-0.15, -0.1) is 0 Å². The highest BCUT2D eigenvalue weighted by molar-refractivity contribution is 5.56. The lowest BCUT2D eigenvalue weighted by Crippen LogP contribution is -2.28. The van der Waals surface area contributed by atoms with Crippen molar-refractivity contribution >= 4 is 5.52 Å². The predicted molar refractivity (Wildman–Crippen MR) is 68.5 cm³/mol. The van der Waals surface area contributed by atoms with Crippen molar-refractivity contribution in [2.24, 2.45) is 11.7 Å². The maximum Gasteiger partial charge on any atom is 0.240 e. The molecule has 2 heterocycles. The molecule has 1 aliphatic carbocycles. The van der Waals surface area contributed by atoms with E-state index in [-0.39, 0.29) is 6.10 Å². The Morgan fingerprint density at radius 1 is 1.50 bits per heavy atom. The lowest BCUT2D eigenvalue weighted by Gasteiger charge is -2.19. The van der Waals surface area contributed by atoms with Crippen molar-refractivity contribution in [2.75, 3.05) is 6.54 Å². The number of nitrogens with two attached hydrogens (primary N) is 1. The van der Waals surface area contributed by atoms with E-state index < -0.39 is 0 Å². The molecule has 2 aromatic heterocycles. The molecular weight excluding hydrogens is 228 g/mol. The summed E-state index contributed by atoms with van der Waals surface area (Å²) in [6.45, 7) is 2.65. The number of nitrogens with zero attached hydrogens (tertiary/aromatic N) is 3. The van der Waals surface area contributed by atoms with Gasteiger partial charge >= 0.3 is 0 Å². The summed E-state index contributed by atoms with van der Waals surface area (Å²) >= 11 is 0. The maximum atomic E-state index is 6.05. The predicted octanol–water partition coefficient (Wildman–Crippen LogP) is 1.54. The van der Waals surface area contributed by atoms with Gasteiger partial charge in [0.15, 0.2) is 0 Å². The topological polar surface area (TPSA) is 65.4 Å². The van der Waals surface area contributed by atoms with Crippen LogP contribution >= 0.6 is 0 Å². The van der Waals surface area contributed by atoms with Gasteiger partial charge in [-0.3, -0.25) is 0 Å². The fourth-order valence-electron chi connectivity index (χ4n) is 2.68. The zero-order chi connectivity index (χ0) is 12.5. The van der Waals surface area contributed by atoms with Gasteiger partial charge in [0, 0.05) is 18.3 Å². The molecule has 2 unspecified atom stereocenters. The molecule has 0 aromatic carbocycles. The fourth-order valence-corrected chi connectivity index (χ4v) is 2.68. The highest BCUT2D eigenvalue weighted by Gasteiger charge is 2.28. The molecule has 1 fully saturated rings. The second-order valence-electron chi connectivity index (χ2n) is 4.93. The van der Waals surface area contributed by atoms with Gasteiger partial charge < -0.3 is 10.5 Å². The van der Waals surface area contributed by atoms with Crippen LogP contribution in [0.25, 0.3) is 5.52 Å². The van der Waals surface area contributed by atoms with Gasteiger partial charge in [0.25, 0.3) is 0 Å². The lowest BCUT2D eigenvalue weighted by atomic mass is 10.1. The Hall–Kier alpha value is -1.62. The Balaban J connectivity index is 1.90. The first-order chi connectivity index (χ1) is 8.78. The third-order valence-corrected chi connectivity index (χ3v) is 3.63. The standard InChI is InChI=1S/C13H18N4O/c1-9-7-11-13(15-5-6-17(11)16-9)18-12-4-2-3-10(12)8-14/h5-7,10,12H,2-4,8,14H2,1H3. The minimum absolute atomic E-state index is 0.198. The second kappa shape index (κ2) is 4.57. The molecule has 0 spiro atoms. The first kappa shape index (κ1) is 11.5. The highest BCUT2D eigenvalue weighted by atomic mass is 16.5. The molecule has 1 aliphatic rings. The van der Waals surface area contributed by atoms with Crippen LogP contribution in [-0.2, 0) is 0 Å². The van der Waals surface area contributed by atoms with Gasteiger partial charge in [0.05, 0.1) is 5.69 Å². The number of hydrogen-bond acceptors (Lipinski definition) is 4. The van der Waals surface area contributed by atoms with E-state index in [2.05, 4.69) is 10.1 Å². The molecule has 3 rings (SSSR count). The van der Waals surface area contributed by atoms with Gasteiger partial charge in [-0.2, -0.15) is 5.10 Å². The fraction of sp³-hybridized carbons (Fsp3) is 0.538. The van der Waals surface area contributed by atoms with E-state index in [1.165, 1.54) is 6.42 Å². The molecule has 2 N–H and O–H groups in total. The van der Waals surface area contributed by atoms with Crippen molar-refractivity contribution in [2.45, 2.75) is 32.3 Å². The van der Waals surface area contributed by atoms with Crippen molar-refractivity contribution in [3.63, 3.8) is 0 Å². The largest absolute Gasteiger partial charge is 0.472 e. The first-order valence-corrected chi connectivity index (χ1v) is 6.45. The molecule has 0 amide bonds. The van der Waals surface area contributed by atoms with Crippen LogP contribution in [0.4, 0.5) is 0 Å². The average molecular weight is 246 g/mol. The molecule has 5 nitrogen and oxygen atoms in total. The number of hydrogen-bond donors (Lipinski definition) is 1. The Labute approximate surface area is 106 Å². The summed E-state index contributed by atoms with van der Waals surface area (Å²) in [6.07, 6.45) is 7.17. The third-order valence-electron chi connectivity index (χ3n) is 3.63. The molecule has 2 aromatic rings. The van der Waals surface area contributed by atoms with Crippen LogP contribution in [0, 0.1) is 12.8 Å². The molecule has 96 valence electrons. The van der Waals surface area contributed by atoms with Crippen molar-refractivity contribution < 1.29 is 4.74 Å². The molecule has 2 atom stereocenters. The second-order valence-corrected chi connectivity index (χ2v) is 4.93. The molecule has 0 aliphatic heterocycles. The van der Waals surface area contributed by atoms with E-state index >= 15 is 0 Å². The van der Waals surface area contributed by atoms with E-state index in [0.29, 0.717) is 18.3 Å². The summed E-state index contributed by atoms with van der Waals surface area (Å²) in [5.74, 6) is 1.12. The number of aryl methyl sites for hydroxylation is 1. The third kappa shape index (κ3) is 1.95. The van der Waals surface area contributed by atoms with Crippen LogP contribution in [0.2, 0.25) is 0 Å². The number of ether oxygens (including phenoxy) is 1. The first-order valence-electron chi connectivity index (χ1n) is 6.45. The summed E-state index contributed by atoms with van der Waals surface area (Å²) < 4.78 is 7.86. The highest BCUT2D eigenvalue weighted by Crippen LogP contribution is 2.29. The molecule has 0 saturated heterocycles. The van der Waals surface area contributed by atoms with Gasteiger partial charge in [-0.25, -0.2) is 9.50 Å². The molecular formula is C13H18N4O. The zero-order valence-corrected chi connectivity index (χ0v) is 10.5. The lowest BCUT2D eigenvalue weighted by molar-refractivity contribution is 0.157. The maximum absolute atomic E-state index is 6.05. The molecule has 0 bridgehead atoms. The van der Waals surface area contributed by atoms with Gasteiger partial charge in [-0.1, -0.05) is 0 Å². The summed E-state index contributed by atoms with van der Waals surface area (Å²) in [6, 6.07) is 1.99. The van der Waals surface area contributed by atoms with Crippen LogP contribution in [0.5, 0.6) is 5.88 Å². The summed E-state index contributed by atoms with van der Waals surface area (Å²) in [4.78, 5) is 4.33. The Morgan fingerprint density at radius 2 is 2.39 bits per heavy atom. The summed E-state index contributed by atoms with van der Waals surface area (Å²) in [5, 5.41) is 4.36. The zero-order valence-electron chi connectivity index (χ0n) is 10.5. The van der Waals surface area contributed by atoms with Crippen LogP contribution < -0.4 is 10.5 Å². The summed E-state index contributed by atoms with van der Waals surface area (Å²) in [5.41, 5.74) is 7.67. The Bertz CT molecular complexity index is 551. The van der Waals surface area contributed by atoms with Crippen molar-refractivity contribution in [3.8, 4) is 5.88 Å². The number of aromatic nitrogens is 3. The van der Waals surface area contributed by atoms with Crippen LogP contribution in [-0.4, -0.2) is 27.2 Å². The minimum Gasteiger partial charge on any atom is -0.472 e. The van der Waals surface area contributed by atoms with Crippen LogP contribution in [0.1, 0.15) is 25.0 Å². The van der Waals surface area contributed by atoms with E-state index in [4.69, 9.17) is 10.5 Å². The smallest absolute Gasteiger partial charge is 0.240 e. The molecule has 0 radical (unpaired) electrons. The Kier molecular flexibility index (Phi) is 2.91. The minimum atomic E-state index is 0.198. The number of fused-ring (bicyclic) bond motifs is 1. The SMILES string of the molecule is Cc1cc2c(OC3CCCC3CN)nccn2n1. The van der Waals surface area contributed by atoms with Gasteiger partial charge in [-0.05, 0) is 38.8 Å². The van der Waals surface area contributed by atoms with E-state index in [9.17, 15) is 0 Å². The number of rotatable bonds is 3. The monoisotopic (exact) mass is 246 g/mol. The van der Waals surface area contributed by atoms with Crippen molar-refractivity contribution in [1.82, 2.24) is 14.6 Å². The summed E-state index contributed by atoms with van der Waals surface area (Å²) in [7, 11) is 0. The van der Waals surface area contributed by atoms with Gasteiger partial charge in [0.2, 0.25) is 5.88 Å². The van der Waals surface area contributed by atoms with Crippen molar-refractivity contribution in [1.29, 1.82) is 0 Å². The molecule has 18 heavy (non-hydrogen) atoms. The Morgan fingerprint density at radius 3 is 3.22 bits per heavy atom. The normalized spacial score (nSPS) is 23.7. The quantitative estimate of drug-likeness (QED) is 0.892. The van der Waals surface area contributed by atoms with Crippen LogP contribution in [0.15, 0.2) is 18.5 Å². The van der Waals surface area contributed by atoms with Crippen LogP contribution in [0.3, 0.4) is 0 Å². The van der Waals surface area contributed by atoms with E-state index in [1.54, 1.807) is 6.20 Å². The molecule has 5 heteroatoms. The van der Waals surface area contributed by atoms with Gasteiger partial charge in [0.1, 0.15) is 11.6 Å². The van der Waals surface area contributed by atoms with E-state index in [1.807, 2.05) is 23.7 Å². The molecule has 1 saturated carbocycles.